The van der Waals surface area contributed by atoms with Gasteiger partial charge < -0.3 is 9.73 Å². The number of aryl methyl sites for hydroxylation is 2. The van der Waals surface area contributed by atoms with Crippen LogP contribution < -0.4 is 10.7 Å². The van der Waals surface area contributed by atoms with Crippen molar-refractivity contribution in [2.24, 2.45) is 5.10 Å². The van der Waals surface area contributed by atoms with E-state index in [9.17, 15) is 9.59 Å². The molecule has 0 radical (unpaired) electrons. The maximum atomic E-state index is 13.1. The summed E-state index contributed by atoms with van der Waals surface area (Å²) in [5, 5.41) is 7.41. The van der Waals surface area contributed by atoms with Crippen LogP contribution >= 0.6 is 0 Å². The zero-order valence-corrected chi connectivity index (χ0v) is 22.4. The highest BCUT2D eigenvalue weighted by Gasteiger charge is 2.28. The molecule has 3 aromatic carbocycles. The SMILES string of the molecule is CCCCc1ccc(NC(=O)c2oc3c(c2C)/C(=N/NC(=O)c2ccc(-c4ccccc4)cc2)CCC3)cc1. The van der Waals surface area contributed by atoms with Gasteiger partial charge in [-0.2, -0.15) is 5.10 Å². The molecule has 4 aromatic rings. The van der Waals surface area contributed by atoms with Gasteiger partial charge in [-0.3, -0.25) is 9.59 Å². The van der Waals surface area contributed by atoms with Crippen molar-refractivity contribution >= 4 is 23.2 Å². The molecule has 6 heteroatoms. The van der Waals surface area contributed by atoms with Gasteiger partial charge in [-0.25, -0.2) is 5.43 Å². The summed E-state index contributed by atoms with van der Waals surface area (Å²) in [5.74, 6) is 0.451. The van der Waals surface area contributed by atoms with Gasteiger partial charge in [0.25, 0.3) is 11.8 Å². The Hall–Kier alpha value is -4.45. The molecule has 1 aliphatic carbocycles. The van der Waals surface area contributed by atoms with Crippen molar-refractivity contribution < 1.29 is 14.0 Å². The Balaban J connectivity index is 1.28. The molecule has 2 N–H and O–H groups in total. The van der Waals surface area contributed by atoms with Crippen LogP contribution in [0.1, 0.15) is 76.0 Å². The summed E-state index contributed by atoms with van der Waals surface area (Å²) in [5.41, 5.74) is 9.64. The van der Waals surface area contributed by atoms with Gasteiger partial charge in [0.05, 0.1) is 5.71 Å². The first-order valence-electron chi connectivity index (χ1n) is 13.6. The lowest BCUT2D eigenvalue weighted by Crippen LogP contribution is -2.22. The van der Waals surface area contributed by atoms with E-state index in [-0.39, 0.29) is 17.6 Å². The fraction of sp³-hybridized carbons (Fsp3) is 0.242. The molecule has 6 nitrogen and oxygen atoms in total. The number of nitrogens with zero attached hydrogens (tertiary/aromatic N) is 1. The summed E-state index contributed by atoms with van der Waals surface area (Å²) in [6.07, 6.45) is 5.59. The third-order valence-corrected chi connectivity index (χ3v) is 7.11. The highest BCUT2D eigenvalue weighted by Crippen LogP contribution is 2.30. The summed E-state index contributed by atoms with van der Waals surface area (Å²) in [6, 6.07) is 25.4. The second kappa shape index (κ2) is 11.9. The van der Waals surface area contributed by atoms with E-state index in [0.29, 0.717) is 12.0 Å². The second-order valence-corrected chi connectivity index (χ2v) is 9.91. The van der Waals surface area contributed by atoms with E-state index in [2.05, 4.69) is 22.8 Å². The molecule has 39 heavy (non-hydrogen) atoms. The molecular weight excluding hydrogens is 486 g/mol. The van der Waals surface area contributed by atoms with Gasteiger partial charge in [0.2, 0.25) is 0 Å². The number of hydrogen-bond acceptors (Lipinski definition) is 4. The summed E-state index contributed by atoms with van der Waals surface area (Å²) in [4.78, 5) is 25.9. The van der Waals surface area contributed by atoms with Crippen LogP contribution in [-0.4, -0.2) is 17.5 Å². The van der Waals surface area contributed by atoms with Crippen molar-refractivity contribution in [3.05, 3.63) is 113 Å². The first-order chi connectivity index (χ1) is 19.0. The van der Waals surface area contributed by atoms with Gasteiger partial charge in [0.1, 0.15) is 5.76 Å². The number of furan rings is 1. The third-order valence-electron chi connectivity index (χ3n) is 7.11. The number of fused-ring (bicyclic) bond motifs is 1. The molecule has 2 amide bonds. The predicted octanol–water partition coefficient (Wildman–Crippen LogP) is 7.32. The highest BCUT2D eigenvalue weighted by atomic mass is 16.4. The largest absolute Gasteiger partial charge is 0.455 e. The fourth-order valence-corrected chi connectivity index (χ4v) is 4.95. The van der Waals surface area contributed by atoms with E-state index in [1.165, 1.54) is 5.56 Å². The summed E-state index contributed by atoms with van der Waals surface area (Å²) in [7, 11) is 0. The number of rotatable bonds is 8. The first kappa shape index (κ1) is 26.2. The van der Waals surface area contributed by atoms with Gasteiger partial charge >= 0.3 is 0 Å². The summed E-state index contributed by atoms with van der Waals surface area (Å²) < 4.78 is 6.02. The molecule has 198 valence electrons. The molecular formula is C33H33N3O3. The lowest BCUT2D eigenvalue weighted by atomic mass is 9.93. The van der Waals surface area contributed by atoms with Crippen LogP contribution in [0.5, 0.6) is 0 Å². The van der Waals surface area contributed by atoms with Crippen molar-refractivity contribution in [3.63, 3.8) is 0 Å². The smallest absolute Gasteiger partial charge is 0.291 e. The lowest BCUT2D eigenvalue weighted by molar-refractivity contribution is 0.0953. The minimum absolute atomic E-state index is 0.282. The third kappa shape index (κ3) is 6.01. The van der Waals surface area contributed by atoms with E-state index < -0.39 is 0 Å². The Bertz CT molecular complexity index is 1480. The second-order valence-electron chi connectivity index (χ2n) is 9.91. The van der Waals surface area contributed by atoms with Crippen molar-refractivity contribution in [2.45, 2.75) is 52.4 Å². The van der Waals surface area contributed by atoms with Crippen LogP contribution in [0.2, 0.25) is 0 Å². The topological polar surface area (TPSA) is 83.7 Å². The predicted molar refractivity (Wildman–Crippen MR) is 155 cm³/mol. The molecule has 0 saturated heterocycles. The van der Waals surface area contributed by atoms with Crippen molar-refractivity contribution in [3.8, 4) is 11.1 Å². The Morgan fingerprint density at radius 1 is 0.872 bits per heavy atom. The molecule has 0 saturated carbocycles. The molecule has 0 fully saturated rings. The van der Waals surface area contributed by atoms with E-state index in [1.807, 2.05) is 73.7 Å². The normalized spacial score (nSPS) is 13.6. The van der Waals surface area contributed by atoms with E-state index in [0.717, 1.165) is 71.5 Å². The van der Waals surface area contributed by atoms with Crippen LogP contribution in [0.4, 0.5) is 5.69 Å². The number of carbonyl (C=O) groups excluding carboxylic acids is 2. The van der Waals surface area contributed by atoms with Crippen LogP contribution in [-0.2, 0) is 12.8 Å². The Morgan fingerprint density at radius 3 is 2.31 bits per heavy atom. The Labute approximate surface area is 229 Å². The molecule has 0 atom stereocenters. The maximum absolute atomic E-state index is 13.1. The highest BCUT2D eigenvalue weighted by molar-refractivity contribution is 6.09. The fourth-order valence-electron chi connectivity index (χ4n) is 4.95. The van der Waals surface area contributed by atoms with E-state index in [1.54, 1.807) is 12.1 Å². The number of carbonyl (C=O) groups is 2. The van der Waals surface area contributed by atoms with Crippen molar-refractivity contribution in [1.82, 2.24) is 5.43 Å². The molecule has 0 bridgehead atoms. The van der Waals surface area contributed by atoms with Crippen LogP contribution in [0.25, 0.3) is 11.1 Å². The minimum Gasteiger partial charge on any atom is -0.455 e. The van der Waals surface area contributed by atoms with Crippen molar-refractivity contribution in [2.75, 3.05) is 5.32 Å². The Kier molecular flexibility index (Phi) is 8.02. The number of unbranched alkanes of at least 4 members (excludes halogenated alkanes) is 1. The molecule has 0 aliphatic heterocycles. The number of nitrogens with one attached hydrogen (secondary N) is 2. The Morgan fingerprint density at radius 2 is 1.59 bits per heavy atom. The monoisotopic (exact) mass is 519 g/mol. The molecule has 1 heterocycles. The quantitative estimate of drug-likeness (QED) is 0.239. The number of benzene rings is 3. The van der Waals surface area contributed by atoms with Gasteiger partial charge in [-0.1, -0.05) is 67.9 Å². The van der Waals surface area contributed by atoms with Crippen LogP contribution in [0.15, 0.2) is 88.4 Å². The standard InChI is InChI=1S/C33H33N3O3/c1-3-4-9-23-14-20-27(21-15-23)34-33(38)31-22(2)30-28(12-8-13-29(30)39-31)35-36-32(37)26-18-16-25(17-19-26)24-10-6-5-7-11-24/h5-7,10-11,14-21H,3-4,8-9,12-13H2,1-2H3,(H,34,38)(H,36,37)/b35-28+. The number of hydrogen-bond donors (Lipinski definition) is 2. The number of amides is 2. The molecule has 0 unspecified atom stereocenters. The van der Waals surface area contributed by atoms with E-state index in [4.69, 9.17) is 4.42 Å². The van der Waals surface area contributed by atoms with Gasteiger partial charge in [0.15, 0.2) is 5.76 Å². The first-order valence-corrected chi connectivity index (χ1v) is 13.6. The number of anilines is 1. The minimum atomic E-state index is -0.287. The summed E-state index contributed by atoms with van der Waals surface area (Å²) in [6.45, 7) is 4.05. The number of hydrazone groups is 1. The van der Waals surface area contributed by atoms with Gasteiger partial charge in [0, 0.05) is 28.8 Å². The van der Waals surface area contributed by atoms with Crippen LogP contribution in [0.3, 0.4) is 0 Å². The van der Waals surface area contributed by atoms with Gasteiger partial charge in [-0.05, 0) is 73.6 Å². The van der Waals surface area contributed by atoms with Crippen LogP contribution in [0, 0.1) is 6.92 Å². The van der Waals surface area contributed by atoms with Gasteiger partial charge in [-0.15, -0.1) is 0 Å². The lowest BCUT2D eigenvalue weighted by Gasteiger charge is -2.13. The molecule has 0 spiro atoms. The molecule has 5 rings (SSSR count). The van der Waals surface area contributed by atoms with Crippen molar-refractivity contribution in [1.29, 1.82) is 0 Å². The average molecular weight is 520 g/mol. The van der Waals surface area contributed by atoms with E-state index >= 15 is 0 Å². The zero-order valence-electron chi connectivity index (χ0n) is 22.4. The summed E-state index contributed by atoms with van der Waals surface area (Å²) >= 11 is 0. The average Bonchev–Trinajstić information content (AvgIpc) is 3.33. The molecule has 1 aliphatic rings. The maximum Gasteiger partial charge on any atom is 0.291 e. The molecule has 1 aromatic heterocycles. The zero-order chi connectivity index (χ0) is 27.2.